The van der Waals surface area contributed by atoms with Gasteiger partial charge in [0.1, 0.15) is 17.8 Å². The van der Waals surface area contributed by atoms with Crippen molar-refractivity contribution < 1.29 is 23.8 Å². The molecule has 8 heteroatoms. The van der Waals surface area contributed by atoms with E-state index in [1.54, 1.807) is 24.1 Å². The highest BCUT2D eigenvalue weighted by atomic mass is 16.6. The SMILES string of the molecule is CCOC(=O)c1cn(CC)c2ccc(C#CCO[C@@H]3CCN(C(=O)OC(C)(C)C)C3)cc2c1=O. The van der Waals surface area contributed by atoms with Gasteiger partial charge in [0.2, 0.25) is 5.43 Å². The van der Waals surface area contributed by atoms with Gasteiger partial charge in [-0.25, -0.2) is 9.59 Å². The lowest BCUT2D eigenvalue weighted by molar-refractivity contribution is 0.0237. The van der Waals surface area contributed by atoms with E-state index in [0.29, 0.717) is 30.6 Å². The van der Waals surface area contributed by atoms with E-state index in [2.05, 4.69) is 11.8 Å². The maximum Gasteiger partial charge on any atom is 0.410 e. The Balaban J connectivity index is 1.68. The van der Waals surface area contributed by atoms with Gasteiger partial charge in [0.05, 0.1) is 24.8 Å². The molecule has 1 aromatic carbocycles. The first-order chi connectivity index (χ1) is 16.1. The molecule has 2 aromatic rings. The third-order valence-corrected chi connectivity index (χ3v) is 5.34. The van der Waals surface area contributed by atoms with Crippen molar-refractivity contribution in [3.63, 3.8) is 0 Å². The second-order valence-corrected chi connectivity index (χ2v) is 9.06. The molecule has 1 aliphatic heterocycles. The predicted molar refractivity (Wildman–Crippen MR) is 129 cm³/mol. The summed E-state index contributed by atoms with van der Waals surface area (Å²) in [4.78, 5) is 38.9. The maximum atomic E-state index is 12.9. The van der Waals surface area contributed by atoms with Crippen LogP contribution in [-0.2, 0) is 20.8 Å². The summed E-state index contributed by atoms with van der Waals surface area (Å²) in [7, 11) is 0. The zero-order chi connectivity index (χ0) is 24.9. The van der Waals surface area contributed by atoms with Gasteiger partial charge in [0.15, 0.2) is 0 Å². The molecule has 3 rings (SSSR count). The van der Waals surface area contributed by atoms with Gasteiger partial charge in [-0.15, -0.1) is 0 Å². The Hall–Kier alpha value is -3.31. The van der Waals surface area contributed by atoms with Gasteiger partial charge < -0.3 is 23.7 Å². The molecule has 1 atom stereocenters. The molecule has 1 fully saturated rings. The minimum Gasteiger partial charge on any atom is -0.462 e. The summed E-state index contributed by atoms with van der Waals surface area (Å²) in [6.45, 7) is 11.2. The quantitative estimate of drug-likeness (QED) is 0.493. The van der Waals surface area contributed by atoms with Crippen LogP contribution in [-0.4, -0.2) is 59.5 Å². The number of aryl methyl sites for hydroxylation is 1. The molecule has 0 N–H and O–H groups in total. The number of hydrogen-bond donors (Lipinski definition) is 0. The van der Waals surface area contributed by atoms with Crippen molar-refractivity contribution in [2.75, 3.05) is 26.3 Å². The van der Waals surface area contributed by atoms with Crippen molar-refractivity contribution in [3.05, 3.63) is 45.7 Å². The van der Waals surface area contributed by atoms with Gasteiger partial charge in [-0.05, 0) is 59.2 Å². The van der Waals surface area contributed by atoms with Crippen LogP contribution in [0.5, 0.6) is 0 Å². The van der Waals surface area contributed by atoms with Crippen molar-refractivity contribution in [1.29, 1.82) is 0 Å². The molecule has 34 heavy (non-hydrogen) atoms. The third kappa shape index (κ3) is 6.17. The molecule has 182 valence electrons. The second-order valence-electron chi connectivity index (χ2n) is 9.06. The van der Waals surface area contributed by atoms with Crippen LogP contribution in [0.3, 0.4) is 0 Å². The van der Waals surface area contributed by atoms with E-state index in [0.717, 1.165) is 11.9 Å². The van der Waals surface area contributed by atoms with E-state index in [9.17, 15) is 14.4 Å². The van der Waals surface area contributed by atoms with Gasteiger partial charge in [-0.1, -0.05) is 11.8 Å². The maximum absolute atomic E-state index is 12.9. The number of hydrogen-bond acceptors (Lipinski definition) is 6. The Morgan fingerprint density at radius 1 is 1.21 bits per heavy atom. The molecule has 8 nitrogen and oxygen atoms in total. The Bertz CT molecular complexity index is 1180. The highest BCUT2D eigenvalue weighted by Gasteiger charge is 2.30. The molecule has 0 spiro atoms. The average molecular weight is 469 g/mol. The molecule has 1 aliphatic rings. The topological polar surface area (TPSA) is 87.1 Å². The monoisotopic (exact) mass is 468 g/mol. The van der Waals surface area contributed by atoms with Crippen LogP contribution in [0, 0.1) is 11.8 Å². The van der Waals surface area contributed by atoms with E-state index in [1.165, 1.54) is 0 Å². The first-order valence-corrected chi connectivity index (χ1v) is 11.6. The van der Waals surface area contributed by atoms with Crippen molar-refractivity contribution >= 4 is 23.0 Å². The van der Waals surface area contributed by atoms with Crippen LogP contribution in [0.4, 0.5) is 4.79 Å². The number of amides is 1. The summed E-state index contributed by atoms with van der Waals surface area (Å²) < 4.78 is 18.1. The number of rotatable bonds is 5. The molecule has 0 radical (unpaired) electrons. The third-order valence-electron chi connectivity index (χ3n) is 5.34. The normalized spacial score (nSPS) is 15.7. The first kappa shape index (κ1) is 25.3. The van der Waals surface area contributed by atoms with Crippen LogP contribution in [0.15, 0.2) is 29.2 Å². The van der Waals surface area contributed by atoms with E-state index in [4.69, 9.17) is 14.2 Å². The van der Waals surface area contributed by atoms with Crippen molar-refractivity contribution in [2.24, 2.45) is 0 Å². The number of carbonyl (C=O) groups is 2. The molecule has 0 saturated carbocycles. The Labute approximate surface area is 199 Å². The number of carbonyl (C=O) groups excluding carboxylic acids is 2. The fourth-order valence-electron chi connectivity index (χ4n) is 3.75. The number of nitrogens with zero attached hydrogens (tertiary/aromatic N) is 2. The second kappa shape index (κ2) is 10.7. The van der Waals surface area contributed by atoms with Gasteiger partial charge in [0, 0.05) is 30.2 Å². The fourth-order valence-corrected chi connectivity index (χ4v) is 3.75. The zero-order valence-corrected chi connectivity index (χ0v) is 20.5. The lowest BCUT2D eigenvalue weighted by atomic mass is 10.1. The molecular formula is C26H32N2O6. The van der Waals surface area contributed by atoms with Crippen LogP contribution in [0.25, 0.3) is 10.9 Å². The van der Waals surface area contributed by atoms with Gasteiger partial charge in [-0.3, -0.25) is 4.79 Å². The number of aromatic nitrogens is 1. The molecule has 1 amide bonds. The van der Waals surface area contributed by atoms with Crippen LogP contribution < -0.4 is 5.43 Å². The number of pyridine rings is 1. The van der Waals surface area contributed by atoms with Crippen molar-refractivity contribution in [3.8, 4) is 11.8 Å². The molecular weight excluding hydrogens is 436 g/mol. The lowest BCUT2D eigenvalue weighted by Gasteiger charge is -2.24. The van der Waals surface area contributed by atoms with Crippen LogP contribution >= 0.6 is 0 Å². The van der Waals surface area contributed by atoms with Crippen LogP contribution in [0.2, 0.25) is 0 Å². The molecule has 1 saturated heterocycles. The van der Waals surface area contributed by atoms with E-state index < -0.39 is 11.6 Å². The summed E-state index contributed by atoms with van der Waals surface area (Å²) in [5, 5.41) is 0.420. The zero-order valence-electron chi connectivity index (χ0n) is 20.5. The summed E-state index contributed by atoms with van der Waals surface area (Å²) >= 11 is 0. The van der Waals surface area contributed by atoms with Gasteiger partial charge in [-0.2, -0.15) is 0 Å². The molecule has 0 aliphatic carbocycles. The minimum absolute atomic E-state index is 0.0143. The number of likely N-dealkylation sites (tertiary alicyclic amines) is 1. The Morgan fingerprint density at radius 3 is 2.65 bits per heavy atom. The summed E-state index contributed by atoms with van der Waals surface area (Å²) in [6, 6.07) is 5.36. The van der Waals surface area contributed by atoms with E-state index in [-0.39, 0.29) is 36.4 Å². The Morgan fingerprint density at radius 2 is 1.97 bits per heavy atom. The average Bonchev–Trinajstić information content (AvgIpc) is 3.25. The minimum atomic E-state index is -0.626. The summed E-state index contributed by atoms with van der Waals surface area (Å²) in [5.41, 5.74) is 0.500. The highest BCUT2D eigenvalue weighted by Crippen LogP contribution is 2.17. The first-order valence-electron chi connectivity index (χ1n) is 11.6. The number of esters is 1. The number of fused-ring (bicyclic) bond motifs is 1. The summed E-state index contributed by atoms with van der Waals surface area (Å²) in [5.74, 6) is 5.37. The molecule has 2 heterocycles. The van der Waals surface area contributed by atoms with E-state index in [1.807, 2.05) is 44.4 Å². The number of ether oxygens (including phenoxy) is 3. The summed E-state index contributed by atoms with van der Waals surface area (Å²) in [6.07, 6.45) is 1.84. The van der Waals surface area contributed by atoms with E-state index >= 15 is 0 Å². The smallest absolute Gasteiger partial charge is 0.410 e. The highest BCUT2D eigenvalue weighted by molar-refractivity contribution is 5.94. The predicted octanol–water partition coefficient (Wildman–Crippen LogP) is 3.58. The fraction of sp³-hybridized carbons (Fsp3) is 0.500. The Kier molecular flexibility index (Phi) is 8.00. The van der Waals surface area contributed by atoms with Gasteiger partial charge in [0.25, 0.3) is 0 Å². The van der Waals surface area contributed by atoms with Crippen molar-refractivity contribution in [2.45, 2.75) is 59.3 Å². The standard InChI is InChI=1S/C26H32N2O6/c1-6-27-17-21(24(30)32-7-2)23(29)20-15-18(10-11-22(20)27)9-8-14-33-19-12-13-28(16-19)25(31)34-26(3,4)5/h10-11,15,17,19H,6-7,12-14,16H2,1-5H3/t19-/m1/s1. The lowest BCUT2D eigenvalue weighted by Crippen LogP contribution is -2.36. The molecule has 0 bridgehead atoms. The largest absolute Gasteiger partial charge is 0.462 e. The molecule has 1 aromatic heterocycles. The van der Waals surface area contributed by atoms with Crippen molar-refractivity contribution in [1.82, 2.24) is 9.47 Å². The van der Waals surface area contributed by atoms with Crippen LogP contribution in [0.1, 0.15) is 57.0 Å². The number of benzene rings is 1. The van der Waals surface area contributed by atoms with Gasteiger partial charge >= 0.3 is 12.1 Å². The molecule has 0 unspecified atom stereocenters.